The van der Waals surface area contributed by atoms with Gasteiger partial charge in [-0.3, -0.25) is 14.5 Å². The molecule has 1 saturated heterocycles. The molecule has 0 radical (unpaired) electrons. The third-order valence-corrected chi connectivity index (χ3v) is 8.47. The van der Waals surface area contributed by atoms with Gasteiger partial charge in [0.1, 0.15) is 34.9 Å². The Hall–Kier alpha value is -2.69. The highest BCUT2D eigenvalue weighted by atomic mass is 32.2. The second kappa shape index (κ2) is 10.1. The number of anilines is 1. The molecule has 2 aromatic heterocycles. The SMILES string of the molecule is CCON=C(C(=O)NC1C(=O)N2C(C(=O)O)=C(CSc3nncs3)CS[C@H]12)c1csc(N)n1. The van der Waals surface area contributed by atoms with E-state index in [1.807, 2.05) is 0 Å². The van der Waals surface area contributed by atoms with Gasteiger partial charge in [0.25, 0.3) is 11.8 Å². The summed E-state index contributed by atoms with van der Waals surface area (Å²) in [4.78, 5) is 48.0. The summed E-state index contributed by atoms with van der Waals surface area (Å²) in [5.74, 6) is -1.59. The zero-order valence-electron chi connectivity index (χ0n) is 17.0. The molecule has 12 nitrogen and oxygen atoms in total. The molecule has 4 heterocycles. The second-order valence-corrected chi connectivity index (χ2v) is 10.6. The summed E-state index contributed by atoms with van der Waals surface area (Å²) >= 11 is 5.24. The number of thiazole rings is 1. The van der Waals surface area contributed by atoms with E-state index in [1.54, 1.807) is 17.8 Å². The van der Waals surface area contributed by atoms with Crippen LogP contribution < -0.4 is 11.1 Å². The quantitative estimate of drug-likeness (QED) is 0.183. The van der Waals surface area contributed by atoms with Crippen molar-refractivity contribution in [1.82, 2.24) is 25.4 Å². The summed E-state index contributed by atoms with van der Waals surface area (Å²) < 4.78 is 0.711. The highest BCUT2D eigenvalue weighted by Crippen LogP contribution is 2.41. The molecular weight excluding hydrogens is 510 g/mol. The summed E-state index contributed by atoms with van der Waals surface area (Å²) in [7, 11) is 0. The van der Waals surface area contributed by atoms with E-state index < -0.39 is 29.2 Å². The number of amides is 2. The van der Waals surface area contributed by atoms with Gasteiger partial charge in [-0.05, 0) is 12.5 Å². The third-order valence-electron chi connectivity index (χ3n) is 4.51. The van der Waals surface area contributed by atoms with Crippen LogP contribution in [0.15, 0.2) is 31.7 Å². The lowest BCUT2D eigenvalue weighted by Gasteiger charge is -2.49. The fraction of sp³-hybridized carbons (Fsp3) is 0.353. The van der Waals surface area contributed by atoms with Crippen LogP contribution in [0.2, 0.25) is 0 Å². The van der Waals surface area contributed by atoms with Crippen molar-refractivity contribution < 1.29 is 24.3 Å². The minimum atomic E-state index is -1.19. The topological polar surface area (TPSA) is 173 Å². The first kappa shape index (κ1) is 23.5. The lowest BCUT2D eigenvalue weighted by atomic mass is 10.0. The number of fused-ring (bicyclic) bond motifs is 1. The number of carboxylic acids is 1. The number of nitrogen functional groups attached to an aromatic ring is 1. The third kappa shape index (κ3) is 4.83. The molecule has 2 atom stereocenters. The molecule has 2 aliphatic heterocycles. The van der Waals surface area contributed by atoms with Crippen LogP contribution in [0, 0.1) is 0 Å². The molecule has 16 heteroatoms. The normalized spacial score (nSPS) is 20.3. The van der Waals surface area contributed by atoms with Crippen LogP contribution in [0.3, 0.4) is 0 Å². The summed E-state index contributed by atoms with van der Waals surface area (Å²) in [5, 5.41) is 25.2. The smallest absolute Gasteiger partial charge is 0.352 e. The molecule has 33 heavy (non-hydrogen) atoms. The summed E-state index contributed by atoms with van der Waals surface area (Å²) in [6.07, 6.45) is 0. The minimum absolute atomic E-state index is 0.0539. The Bertz CT molecular complexity index is 1130. The number of carbonyl (C=O) groups excluding carboxylic acids is 2. The molecule has 1 unspecified atom stereocenters. The van der Waals surface area contributed by atoms with Crippen molar-refractivity contribution in [2.75, 3.05) is 23.8 Å². The molecule has 4 rings (SSSR count). The van der Waals surface area contributed by atoms with Crippen LogP contribution in [-0.4, -0.2) is 78.2 Å². The number of nitrogens with zero attached hydrogens (tertiary/aromatic N) is 5. The maximum atomic E-state index is 12.9. The first-order valence-corrected chi connectivity index (χ1v) is 13.2. The van der Waals surface area contributed by atoms with Gasteiger partial charge in [0.2, 0.25) is 0 Å². The fourth-order valence-corrected chi connectivity index (χ4v) is 6.63. The van der Waals surface area contributed by atoms with E-state index in [0.717, 1.165) is 11.3 Å². The van der Waals surface area contributed by atoms with Crippen molar-refractivity contribution in [3.8, 4) is 0 Å². The van der Waals surface area contributed by atoms with E-state index >= 15 is 0 Å². The largest absolute Gasteiger partial charge is 0.477 e. The van der Waals surface area contributed by atoms with Crippen LogP contribution in [0.5, 0.6) is 0 Å². The Balaban J connectivity index is 1.49. The molecule has 0 aliphatic carbocycles. The van der Waals surface area contributed by atoms with Crippen molar-refractivity contribution in [2.45, 2.75) is 22.7 Å². The molecule has 174 valence electrons. The van der Waals surface area contributed by atoms with E-state index in [1.165, 1.54) is 39.8 Å². The fourth-order valence-electron chi connectivity index (χ4n) is 3.11. The average Bonchev–Trinajstić information content (AvgIpc) is 3.47. The predicted molar refractivity (Wildman–Crippen MR) is 125 cm³/mol. The zero-order chi connectivity index (χ0) is 23.5. The number of carbonyl (C=O) groups is 3. The van der Waals surface area contributed by atoms with E-state index in [-0.39, 0.29) is 28.8 Å². The van der Waals surface area contributed by atoms with Gasteiger partial charge in [0, 0.05) is 16.9 Å². The van der Waals surface area contributed by atoms with Crippen LogP contribution in [-0.2, 0) is 19.2 Å². The highest BCUT2D eigenvalue weighted by Gasteiger charge is 2.54. The average molecular weight is 528 g/mol. The molecule has 0 saturated carbocycles. The van der Waals surface area contributed by atoms with Gasteiger partial charge in [-0.2, -0.15) is 0 Å². The van der Waals surface area contributed by atoms with Crippen LogP contribution in [0.4, 0.5) is 5.13 Å². The van der Waals surface area contributed by atoms with Crippen molar-refractivity contribution in [1.29, 1.82) is 0 Å². The van der Waals surface area contributed by atoms with Crippen LogP contribution >= 0.6 is 46.2 Å². The van der Waals surface area contributed by atoms with Crippen molar-refractivity contribution in [3.63, 3.8) is 0 Å². The van der Waals surface area contributed by atoms with Crippen molar-refractivity contribution in [3.05, 3.63) is 27.9 Å². The number of oxime groups is 1. The first-order valence-electron chi connectivity index (χ1n) is 9.41. The van der Waals surface area contributed by atoms with E-state index in [9.17, 15) is 19.5 Å². The van der Waals surface area contributed by atoms with Gasteiger partial charge in [0.05, 0.1) is 0 Å². The van der Waals surface area contributed by atoms with Crippen molar-refractivity contribution in [2.24, 2.45) is 5.16 Å². The van der Waals surface area contributed by atoms with E-state index in [2.05, 4.69) is 25.7 Å². The number of nitrogens with two attached hydrogens (primary N) is 1. The van der Waals surface area contributed by atoms with Gasteiger partial charge in [-0.1, -0.05) is 28.3 Å². The lowest BCUT2D eigenvalue weighted by molar-refractivity contribution is -0.150. The number of β-lactam (4-membered cyclic amide) rings is 1. The van der Waals surface area contributed by atoms with Gasteiger partial charge in [0.15, 0.2) is 15.2 Å². The minimum Gasteiger partial charge on any atom is -0.477 e. The molecule has 0 spiro atoms. The lowest BCUT2D eigenvalue weighted by Crippen LogP contribution is -2.71. The summed E-state index contributed by atoms with van der Waals surface area (Å²) in [5.41, 5.74) is 7.92. The number of carboxylic acid groups (broad SMARTS) is 1. The van der Waals surface area contributed by atoms with Crippen LogP contribution in [0.1, 0.15) is 12.6 Å². The molecule has 2 aromatic rings. The maximum absolute atomic E-state index is 12.9. The number of hydrogen-bond donors (Lipinski definition) is 3. The molecule has 0 aromatic carbocycles. The van der Waals surface area contributed by atoms with Gasteiger partial charge in [-0.15, -0.1) is 33.3 Å². The van der Waals surface area contributed by atoms with E-state index in [4.69, 9.17) is 10.6 Å². The molecule has 4 N–H and O–H groups in total. The number of hydrogen-bond acceptors (Lipinski definition) is 13. The number of rotatable bonds is 9. The number of aliphatic carboxylic acids is 1. The Morgan fingerprint density at radius 2 is 2.27 bits per heavy atom. The summed E-state index contributed by atoms with van der Waals surface area (Å²) in [6, 6.07) is -0.906. The molecule has 1 fully saturated rings. The Kier molecular flexibility index (Phi) is 7.16. The predicted octanol–water partition coefficient (Wildman–Crippen LogP) is 0.848. The van der Waals surface area contributed by atoms with Crippen LogP contribution in [0.25, 0.3) is 0 Å². The molecule has 0 bridgehead atoms. The van der Waals surface area contributed by atoms with Crippen molar-refractivity contribution >= 4 is 74.8 Å². The molecule has 2 aliphatic rings. The monoisotopic (exact) mass is 527 g/mol. The summed E-state index contributed by atoms with van der Waals surface area (Å²) in [6.45, 7) is 1.94. The zero-order valence-corrected chi connectivity index (χ0v) is 20.2. The second-order valence-electron chi connectivity index (χ2n) is 6.54. The first-order chi connectivity index (χ1) is 15.9. The number of nitrogens with one attached hydrogen (secondary N) is 1. The molecular formula is C17H17N7O5S4. The maximum Gasteiger partial charge on any atom is 0.352 e. The highest BCUT2D eigenvalue weighted by molar-refractivity contribution is 8.01. The number of aromatic nitrogens is 3. The standard InChI is InChI=1S/C17H17N7O5S4/c1-2-29-23-9(8-5-31-16(18)20-8)12(25)21-10-13(26)24-11(15(27)28)7(3-30-14(10)24)4-32-17-22-19-6-33-17/h5-6,10,14H,2-4H2,1H3,(H2,18,20)(H,21,25)(H,27,28)/t10?,14-/m1/s1. The number of thioether (sulfide) groups is 2. The Morgan fingerprint density at radius 1 is 1.45 bits per heavy atom. The Labute approximate surface area is 203 Å². The van der Waals surface area contributed by atoms with Gasteiger partial charge < -0.3 is 21.0 Å². The van der Waals surface area contributed by atoms with Gasteiger partial charge in [-0.25, -0.2) is 9.78 Å². The van der Waals surface area contributed by atoms with E-state index in [0.29, 0.717) is 21.4 Å². The molecule has 2 amide bonds. The Morgan fingerprint density at radius 3 is 2.91 bits per heavy atom. The van der Waals surface area contributed by atoms with Gasteiger partial charge >= 0.3 is 5.97 Å².